The fraction of sp³-hybridized carbons (Fsp3) is 0.0714. The summed E-state index contributed by atoms with van der Waals surface area (Å²) in [5.41, 5.74) is 6.67. The Morgan fingerprint density at radius 3 is 2.20 bits per heavy atom. The van der Waals surface area contributed by atoms with Crippen LogP contribution in [0.3, 0.4) is 0 Å². The zero-order chi connectivity index (χ0) is 20.1. The van der Waals surface area contributed by atoms with E-state index in [9.17, 15) is 0 Å². The molecule has 2 heteroatoms. The van der Waals surface area contributed by atoms with E-state index in [-0.39, 0.29) is 0 Å². The van der Waals surface area contributed by atoms with Crippen molar-refractivity contribution in [3.05, 3.63) is 107 Å². The number of nitrogens with zero attached hydrogens (tertiary/aromatic N) is 1. The molecule has 1 heterocycles. The molecule has 0 unspecified atom stereocenters. The average molecular weight is 450 g/mol. The lowest BCUT2D eigenvalue weighted by molar-refractivity contribution is 0.993. The summed E-state index contributed by atoms with van der Waals surface area (Å²) >= 11 is 3.54. The van der Waals surface area contributed by atoms with E-state index in [1.807, 2.05) is 0 Å². The maximum Gasteiger partial charge on any atom is 0.0616 e. The summed E-state index contributed by atoms with van der Waals surface area (Å²) in [4.78, 5) is 0. The average Bonchev–Trinajstić information content (AvgIpc) is 3.15. The van der Waals surface area contributed by atoms with E-state index in [1.165, 1.54) is 49.4 Å². The predicted octanol–water partition coefficient (Wildman–Crippen LogP) is 8.43. The minimum absolute atomic E-state index is 1.03. The molecule has 1 aromatic heterocycles. The Kier molecular flexibility index (Phi) is 4.14. The topological polar surface area (TPSA) is 4.93 Å². The molecule has 1 aliphatic carbocycles. The van der Waals surface area contributed by atoms with Gasteiger partial charge in [-0.1, -0.05) is 88.7 Å². The highest BCUT2D eigenvalue weighted by Crippen LogP contribution is 2.39. The van der Waals surface area contributed by atoms with Gasteiger partial charge in [0.05, 0.1) is 11.0 Å². The van der Waals surface area contributed by atoms with E-state index >= 15 is 0 Å². The Morgan fingerprint density at radius 2 is 1.40 bits per heavy atom. The van der Waals surface area contributed by atoms with E-state index in [0.717, 1.165) is 17.3 Å². The second-order valence-corrected chi connectivity index (χ2v) is 8.81. The van der Waals surface area contributed by atoms with Crippen LogP contribution >= 0.6 is 15.9 Å². The predicted molar refractivity (Wildman–Crippen MR) is 133 cm³/mol. The molecule has 0 saturated carbocycles. The van der Waals surface area contributed by atoms with Crippen molar-refractivity contribution >= 4 is 59.8 Å². The molecular formula is C28H20BrN. The molecule has 4 aromatic carbocycles. The summed E-state index contributed by atoms with van der Waals surface area (Å²) in [5.74, 6) is 0. The number of fused-ring (bicyclic) bond motifs is 5. The van der Waals surface area contributed by atoms with Crippen molar-refractivity contribution in [2.45, 2.75) is 12.8 Å². The second-order valence-electron chi connectivity index (χ2n) is 7.89. The minimum Gasteiger partial charge on any atom is -0.312 e. The molecule has 0 bridgehead atoms. The Labute approximate surface area is 184 Å². The Balaban J connectivity index is 1.60. The highest BCUT2D eigenvalue weighted by atomic mass is 79.9. The molecule has 0 radical (unpaired) electrons. The number of benzene rings is 4. The van der Waals surface area contributed by atoms with Crippen LogP contribution in [-0.2, 0) is 0 Å². The molecule has 5 aromatic rings. The number of rotatable bonds is 2. The number of para-hydroxylation sites is 1. The molecule has 1 nitrogen and oxygen atoms in total. The molecule has 0 aliphatic heterocycles. The van der Waals surface area contributed by atoms with Crippen LogP contribution in [0.25, 0.3) is 43.8 Å². The van der Waals surface area contributed by atoms with Crippen LogP contribution < -0.4 is 0 Å². The Hall–Kier alpha value is -3.10. The standard InChI is InChI=1S/C28H20BrN/c29-22-14-9-19(10-15-22)20-11-16-23(17-12-20)30-27-8-4-3-7-25(27)26-18-13-21-5-1-2-6-24(21)28(26)30/h1-11,13-16,18H,12,17H2. The van der Waals surface area contributed by atoms with Gasteiger partial charge in [-0.05, 0) is 53.6 Å². The lowest BCUT2D eigenvalue weighted by Gasteiger charge is -2.18. The molecule has 0 spiro atoms. The van der Waals surface area contributed by atoms with Crippen LogP contribution in [0.1, 0.15) is 18.4 Å². The summed E-state index contributed by atoms with van der Waals surface area (Å²) in [5, 5.41) is 5.25. The third kappa shape index (κ3) is 2.75. The molecule has 6 rings (SSSR count). The van der Waals surface area contributed by atoms with Gasteiger partial charge in [-0.15, -0.1) is 0 Å². The van der Waals surface area contributed by atoms with Gasteiger partial charge in [0, 0.05) is 26.3 Å². The van der Waals surface area contributed by atoms with E-state index < -0.39 is 0 Å². The van der Waals surface area contributed by atoms with Crippen molar-refractivity contribution in [1.29, 1.82) is 0 Å². The molecule has 0 N–H and O–H groups in total. The van der Waals surface area contributed by atoms with Gasteiger partial charge in [0.2, 0.25) is 0 Å². The minimum atomic E-state index is 1.03. The van der Waals surface area contributed by atoms with Crippen LogP contribution in [0.15, 0.2) is 102 Å². The first-order valence-electron chi connectivity index (χ1n) is 10.4. The SMILES string of the molecule is Brc1ccc(C2=CC=C(n3c4ccccc4c4ccc5ccccc5c43)CC2)cc1. The monoisotopic (exact) mass is 449 g/mol. The van der Waals surface area contributed by atoms with Crippen LogP contribution in [0, 0.1) is 0 Å². The number of halogens is 1. The van der Waals surface area contributed by atoms with Crippen molar-refractivity contribution in [1.82, 2.24) is 4.57 Å². The first-order valence-corrected chi connectivity index (χ1v) is 11.2. The third-order valence-corrected chi connectivity index (χ3v) is 6.72. The molecule has 0 atom stereocenters. The van der Waals surface area contributed by atoms with Gasteiger partial charge in [-0.3, -0.25) is 0 Å². The molecule has 30 heavy (non-hydrogen) atoms. The van der Waals surface area contributed by atoms with E-state index in [0.29, 0.717) is 0 Å². The van der Waals surface area contributed by atoms with Crippen LogP contribution in [0.2, 0.25) is 0 Å². The molecular weight excluding hydrogens is 430 g/mol. The highest BCUT2D eigenvalue weighted by molar-refractivity contribution is 9.10. The zero-order valence-corrected chi connectivity index (χ0v) is 18.1. The van der Waals surface area contributed by atoms with Gasteiger partial charge < -0.3 is 4.57 Å². The summed E-state index contributed by atoms with van der Waals surface area (Å²) in [6.07, 6.45) is 6.69. The molecule has 144 valence electrons. The second kappa shape index (κ2) is 7.00. The lowest BCUT2D eigenvalue weighted by atomic mass is 9.95. The first-order chi connectivity index (χ1) is 14.8. The zero-order valence-electron chi connectivity index (χ0n) is 16.5. The number of aromatic nitrogens is 1. The van der Waals surface area contributed by atoms with Crippen LogP contribution in [0.5, 0.6) is 0 Å². The van der Waals surface area contributed by atoms with E-state index in [4.69, 9.17) is 0 Å². The van der Waals surface area contributed by atoms with E-state index in [2.05, 4.69) is 118 Å². The van der Waals surface area contributed by atoms with Gasteiger partial charge in [0.15, 0.2) is 0 Å². The fourth-order valence-electron chi connectivity index (χ4n) is 4.75. The summed E-state index contributed by atoms with van der Waals surface area (Å²) in [6, 6.07) is 30.7. The van der Waals surface area contributed by atoms with Crippen molar-refractivity contribution in [3.63, 3.8) is 0 Å². The van der Waals surface area contributed by atoms with Gasteiger partial charge in [0.25, 0.3) is 0 Å². The van der Waals surface area contributed by atoms with Crippen molar-refractivity contribution < 1.29 is 0 Å². The normalized spacial score (nSPS) is 14.3. The molecule has 0 fully saturated rings. The van der Waals surface area contributed by atoms with Gasteiger partial charge >= 0.3 is 0 Å². The van der Waals surface area contributed by atoms with Crippen molar-refractivity contribution in [3.8, 4) is 0 Å². The Bertz CT molecular complexity index is 1480. The van der Waals surface area contributed by atoms with Crippen molar-refractivity contribution in [2.75, 3.05) is 0 Å². The fourth-order valence-corrected chi connectivity index (χ4v) is 5.01. The lowest BCUT2D eigenvalue weighted by Crippen LogP contribution is -2.01. The number of allylic oxidation sites excluding steroid dienone is 4. The van der Waals surface area contributed by atoms with Gasteiger partial charge in [-0.2, -0.15) is 0 Å². The first kappa shape index (κ1) is 17.7. The van der Waals surface area contributed by atoms with Crippen LogP contribution in [-0.4, -0.2) is 4.57 Å². The maximum absolute atomic E-state index is 3.54. The number of hydrogen-bond acceptors (Lipinski definition) is 0. The van der Waals surface area contributed by atoms with Gasteiger partial charge in [-0.25, -0.2) is 0 Å². The largest absolute Gasteiger partial charge is 0.312 e. The Morgan fingerprint density at radius 1 is 0.633 bits per heavy atom. The highest BCUT2D eigenvalue weighted by Gasteiger charge is 2.17. The summed E-state index contributed by atoms with van der Waals surface area (Å²) in [7, 11) is 0. The maximum atomic E-state index is 3.54. The third-order valence-electron chi connectivity index (χ3n) is 6.19. The van der Waals surface area contributed by atoms with Crippen LogP contribution in [0.4, 0.5) is 0 Å². The van der Waals surface area contributed by atoms with Gasteiger partial charge in [0.1, 0.15) is 0 Å². The smallest absolute Gasteiger partial charge is 0.0616 e. The summed E-state index contributed by atoms with van der Waals surface area (Å²) in [6.45, 7) is 0. The quantitative estimate of drug-likeness (QED) is 0.254. The molecule has 0 amide bonds. The molecule has 1 aliphatic rings. The summed E-state index contributed by atoms with van der Waals surface area (Å²) < 4.78 is 3.61. The molecule has 0 saturated heterocycles. The van der Waals surface area contributed by atoms with E-state index in [1.54, 1.807) is 0 Å². The number of hydrogen-bond donors (Lipinski definition) is 0. The van der Waals surface area contributed by atoms with Crippen molar-refractivity contribution in [2.24, 2.45) is 0 Å².